The van der Waals surface area contributed by atoms with Crippen molar-refractivity contribution in [2.24, 2.45) is 0 Å². The van der Waals surface area contributed by atoms with Crippen LogP contribution in [0.2, 0.25) is 0 Å². The van der Waals surface area contributed by atoms with Crippen molar-refractivity contribution in [2.75, 3.05) is 38.7 Å². The minimum absolute atomic E-state index is 0. The van der Waals surface area contributed by atoms with Crippen LogP contribution in [0.5, 0.6) is 0 Å². The Morgan fingerprint density at radius 2 is 1.82 bits per heavy atom. The minimum Gasteiger partial charge on any atom is -1.00 e. The summed E-state index contributed by atoms with van der Waals surface area (Å²) in [5.41, 5.74) is 1.45. The largest absolute Gasteiger partial charge is 1.00 e. The fraction of sp³-hybridized carbons (Fsp3) is 0.538. The van der Waals surface area contributed by atoms with Crippen LogP contribution in [0.4, 0.5) is 0 Å². The maximum Gasteiger partial charge on any atom is 0.155 e. The lowest BCUT2D eigenvalue weighted by atomic mass is 9.98. The van der Waals surface area contributed by atoms with Gasteiger partial charge in [-0.15, -0.1) is 0 Å². The van der Waals surface area contributed by atoms with Gasteiger partial charge in [0.25, 0.3) is 0 Å². The van der Waals surface area contributed by atoms with E-state index in [0.717, 1.165) is 10.5 Å². The molecule has 0 unspecified atom stereocenters. The fourth-order valence-electron chi connectivity index (χ4n) is 3.04. The molecule has 0 aromatic heterocycles. The average molecular weight is 273 g/mol. The Hall–Kier alpha value is -0.280. The second-order valence-electron chi connectivity index (χ2n) is 5.05. The normalized spacial score (nSPS) is 35.4. The van der Waals surface area contributed by atoms with Crippen LogP contribution >= 0.6 is 11.6 Å². The minimum atomic E-state index is 0. The van der Waals surface area contributed by atoms with Crippen LogP contribution in [-0.2, 0) is 0 Å². The fourth-order valence-corrected chi connectivity index (χ4v) is 3.38. The number of fused-ring (bicyclic) bond motifs is 3. The van der Waals surface area contributed by atoms with Gasteiger partial charge in [-0.1, -0.05) is 41.9 Å². The van der Waals surface area contributed by atoms with E-state index in [1.807, 2.05) is 0 Å². The van der Waals surface area contributed by atoms with Gasteiger partial charge >= 0.3 is 0 Å². The summed E-state index contributed by atoms with van der Waals surface area (Å²) in [6, 6.07) is 12.2. The highest BCUT2D eigenvalue weighted by atomic mass is 35.5. The summed E-state index contributed by atoms with van der Waals surface area (Å²) in [6.07, 6.45) is 0. The van der Waals surface area contributed by atoms with E-state index in [1.165, 1.54) is 38.3 Å². The Morgan fingerprint density at radius 1 is 1.18 bits per heavy atom. The molecule has 3 saturated heterocycles. The van der Waals surface area contributed by atoms with E-state index in [0.29, 0.717) is 6.04 Å². The molecule has 1 aromatic carbocycles. The summed E-state index contributed by atoms with van der Waals surface area (Å²) in [4.78, 5) is 2.61. The smallest absolute Gasteiger partial charge is 0.155 e. The van der Waals surface area contributed by atoms with Crippen LogP contribution in [0.1, 0.15) is 11.6 Å². The van der Waals surface area contributed by atoms with Crippen molar-refractivity contribution in [3.8, 4) is 0 Å². The Kier molecular flexibility index (Phi) is 3.99. The number of hydrogen-bond donors (Lipinski definition) is 0. The number of hydrogen-bond acceptors (Lipinski definition) is 1. The molecule has 1 aromatic rings. The first-order valence-electron chi connectivity index (χ1n) is 6.03. The molecule has 2 nitrogen and oxygen atoms in total. The SMILES string of the molecule is ClC[N+]12CCN(CC1)[C@@H](c1ccccc1)C2.[Cl-]. The monoisotopic (exact) mass is 272 g/mol. The molecule has 94 valence electrons. The highest BCUT2D eigenvalue weighted by molar-refractivity contribution is 6.17. The van der Waals surface area contributed by atoms with Crippen LogP contribution in [0.3, 0.4) is 0 Å². The van der Waals surface area contributed by atoms with Gasteiger partial charge in [0.05, 0.1) is 25.7 Å². The first-order valence-corrected chi connectivity index (χ1v) is 6.56. The van der Waals surface area contributed by atoms with E-state index in [-0.39, 0.29) is 12.4 Å². The van der Waals surface area contributed by atoms with Crippen molar-refractivity contribution < 1.29 is 16.9 Å². The predicted molar refractivity (Wildman–Crippen MR) is 66.3 cm³/mol. The highest BCUT2D eigenvalue weighted by Crippen LogP contribution is 2.33. The van der Waals surface area contributed by atoms with Crippen LogP contribution in [0.15, 0.2) is 30.3 Å². The molecule has 0 saturated carbocycles. The molecule has 3 fully saturated rings. The zero-order valence-corrected chi connectivity index (χ0v) is 11.4. The van der Waals surface area contributed by atoms with Crippen molar-refractivity contribution in [3.63, 3.8) is 0 Å². The van der Waals surface area contributed by atoms with Gasteiger partial charge in [0.15, 0.2) is 6.00 Å². The van der Waals surface area contributed by atoms with Crippen molar-refractivity contribution in [1.82, 2.24) is 4.90 Å². The van der Waals surface area contributed by atoms with Gasteiger partial charge in [0.2, 0.25) is 0 Å². The highest BCUT2D eigenvalue weighted by Gasteiger charge is 2.44. The molecule has 0 N–H and O–H groups in total. The molecule has 2 bridgehead atoms. The van der Waals surface area contributed by atoms with Crippen molar-refractivity contribution in [2.45, 2.75) is 6.04 Å². The van der Waals surface area contributed by atoms with Gasteiger partial charge in [-0.2, -0.15) is 0 Å². The summed E-state index contributed by atoms with van der Waals surface area (Å²) in [5.74, 6) is 0. The number of alkyl halides is 1. The third-order valence-electron chi connectivity index (χ3n) is 4.16. The number of quaternary nitrogens is 1. The Morgan fingerprint density at radius 3 is 2.41 bits per heavy atom. The number of rotatable bonds is 2. The molecule has 3 heterocycles. The quantitative estimate of drug-likeness (QED) is 0.382. The number of nitrogens with zero attached hydrogens (tertiary/aromatic N) is 2. The van der Waals surface area contributed by atoms with Gasteiger partial charge in [0, 0.05) is 13.1 Å². The van der Waals surface area contributed by atoms with Gasteiger partial charge < -0.3 is 16.9 Å². The maximum atomic E-state index is 6.17. The lowest BCUT2D eigenvalue weighted by Gasteiger charge is -2.53. The van der Waals surface area contributed by atoms with E-state index in [2.05, 4.69) is 35.2 Å². The van der Waals surface area contributed by atoms with Crippen molar-refractivity contribution >= 4 is 11.6 Å². The van der Waals surface area contributed by atoms with E-state index < -0.39 is 0 Å². The molecule has 4 rings (SSSR count). The summed E-state index contributed by atoms with van der Waals surface area (Å²) in [5, 5.41) is 0. The third kappa shape index (κ3) is 2.32. The van der Waals surface area contributed by atoms with Gasteiger partial charge in [-0.3, -0.25) is 4.90 Å². The summed E-state index contributed by atoms with van der Waals surface area (Å²) in [7, 11) is 0. The molecule has 0 spiro atoms. The van der Waals surface area contributed by atoms with E-state index in [9.17, 15) is 0 Å². The van der Waals surface area contributed by atoms with Crippen LogP contribution in [0, 0.1) is 0 Å². The van der Waals surface area contributed by atoms with Crippen LogP contribution in [-0.4, -0.2) is 48.1 Å². The molecular formula is C13H18Cl2N2. The number of benzene rings is 1. The van der Waals surface area contributed by atoms with Gasteiger partial charge in [0.1, 0.15) is 0 Å². The molecule has 4 heteroatoms. The lowest BCUT2D eigenvalue weighted by Crippen LogP contribution is -3.00. The Bertz CT molecular complexity index is 361. The topological polar surface area (TPSA) is 3.24 Å². The van der Waals surface area contributed by atoms with Gasteiger partial charge in [-0.25, -0.2) is 0 Å². The molecular weight excluding hydrogens is 255 g/mol. The zero-order chi connectivity index (χ0) is 11.0. The van der Waals surface area contributed by atoms with E-state index >= 15 is 0 Å². The van der Waals surface area contributed by atoms with E-state index in [1.54, 1.807) is 0 Å². The average Bonchev–Trinajstić information content (AvgIpc) is 2.41. The Labute approximate surface area is 114 Å². The second kappa shape index (κ2) is 5.15. The summed E-state index contributed by atoms with van der Waals surface area (Å²) in [6.45, 7) is 6.05. The van der Waals surface area contributed by atoms with Crippen LogP contribution in [0.25, 0.3) is 0 Å². The first-order chi connectivity index (χ1) is 7.83. The van der Waals surface area contributed by atoms with Crippen molar-refractivity contribution in [3.05, 3.63) is 35.9 Å². The molecule has 0 radical (unpaired) electrons. The number of piperazine rings is 3. The van der Waals surface area contributed by atoms with Gasteiger partial charge in [-0.05, 0) is 5.56 Å². The predicted octanol–water partition coefficient (Wildman–Crippen LogP) is -0.926. The molecule has 3 aliphatic heterocycles. The molecule has 0 amide bonds. The second-order valence-corrected chi connectivity index (χ2v) is 5.29. The standard InChI is InChI=1S/C13H18ClN2.ClH/c14-11-16-8-6-15(7-9-16)13(10-16)12-4-2-1-3-5-12;/h1-5,13H,6-11H2;1H/q+1;/p-1/t13-;/m1./s1. The van der Waals surface area contributed by atoms with Crippen molar-refractivity contribution in [1.29, 1.82) is 0 Å². The maximum absolute atomic E-state index is 6.17. The molecule has 3 aliphatic rings. The van der Waals surface area contributed by atoms with Crippen LogP contribution < -0.4 is 12.4 Å². The molecule has 0 aliphatic carbocycles. The zero-order valence-electron chi connectivity index (χ0n) is 9.86. The summed E-state index contributed by atoms with van der Waals surface area (Å²) < 4.78 is 1.11. The van der Waals surface area contributed by atoms with E-state index in [4.69, 9.17) is 11.6 Å². The molecule has 1 atom stereocenters. The Balaban J connectivity index is 0.00000108. The third-order valence-corrected chi connectivity index (χ3v) is 4.67. The lowest BCUT2D eigenvalue weighted by molar-refractivity contribution is -0.935. The number of halogens is 2. The first kappa shape index (κ1) is 13.2. The summed E-state index contributed by atoms with van der Waals surface area (Å²) >= 11 is 6.17. The molecule has 17 heavy (non-hydrogen) atoms.